The molecular formula is C9H19NO2S. The van der Waals surface area contributed by atoms with Crippen LogP contribution in [0.15, 0.2) is 0 Å². The normalized spacial score (nSPS) is 22.9. The van der Waals surface area contributed by atoms with Crippen LogP contribution in [0.4, 0.5) is 0 Å². The van der Waals surface area contributed by atoms with Crippen LogP contribution in [0.5, 0.6) is 0 Å². The van der Waals surface area contributed by atoms with Gasteiger partial charge in [-0.2, -0.15) is 0 Å². The van der Waals surface area contributed by atoms with E-state index in [-0.39, 0.29) is 6.04 Å². The first kappa shape index (κ1) is 11.0. The van der Waals surface area contributed by atoms with Crippen LogP contribution in [0.1, 0.15) is 39.0 Å². The zero-order valence-electron chi connectivity index (χ0n) is 8.41. The number of rotatable bonds is 3. The molecule has 0 aromatic rings. The fraction of sp³-hybridized carbons (Fsp3) is 1.00. The Balaban J connectivity index is 2.42. The van der Waals surface area contributed by atoms with E-state index in [4.69, 9.17) is 0 Å². The fourth-order valence-electron chi connectivity index (χ4n) is 2.07. The Hall–Kier alpha value is -0.0900. The summed E-state index contributed by atoms with van der Waals surface area (Å²) in [6, 6.07) is 0.107. The molecule has 0 aromatic heterocycles. The van der Waals surface area contributed by atoms with E-state index in [9.17, 15) is 8.42 Å². The highest BCUT2D eigenvalue weighted by Gasteiger charge is 2.21. The Morgan fingerprint density at radius 2 is 1.77 bits per heavy atom. The summed E-state index contributed by atoms with van der Waals surface area (Å²) in [6.45, 7) is 1.97. The van der Waals surface area contributed by atoms with E-state index in [1.54, 1.807) is 0 Å². The summed E-state index contributed by atoms with van der Waals surface area (Å²) in [5, 5.41) is 0. The van der Waals surface area contributed by atoms with E-state index in [2.05, 4.69) is 4.72 Å². The second-order valence-electron chi connectivity index (χ2n) is 4.08. The van der Waals surface area contributed by atoms with Crippen molar-refractivity contribution in [1.82, 2.24) is 4.72 Å². The smallest absolute Gasteiger partial charge is 0.208 e. The van der Waals surface area contributed by atoms with Crippen LogP contribution in [-0.2, 0) is 10.0 Å². The molecule has 0 radical (unpaired) electrons. The molecule has 0 amide bonds. The predicted molar refractivity (Wildman–Crippen MR) is 54.0 cm³/mol. The van der Waals surface area contributed by atoms with Crippen LogP contribution in [-0.4, -0.2) is 20.7 Å². The molecule has 1 fully saturated rings. The number of hydrogen-bond acceptors (Lipinski definition) is 2. The highest BCUT2D eigenvalue weighted by atomic mass is 32.2. The quantitative estimate of drug-likeness (QED) is 0.759. The van der Waals surface area contributed by atoms with Crippen molar-refractivity contribution < 1.29 is 8.42 Å². The molecular weight excluding hydrogens is 186 g/mol. The molecule has 1 N–H and O–H groups in total. The molecule has 4 heteroatoms. The number of hydrogen-bond donors (Lipinski definition) is 1. The first-order valence-corrected chi connectivity index (χ1v) is 6.85. The fourth-order valence-corrected chi connectivity index (χ4v) is 2.94. The average Bonchev–Trinajstić information content (AvgIpc) is 2.03. The van der Waals surface area contributed by atoms with Crippen molar-refractivity contribution in [2.24, 2.45) is 5.92 Å². The van der Waals surface area contributed by atoms with Gasteiger partial charge >= 0.3 is 0 Å². The highest BCUT2D eigenvalue weighted by Crippen LogP contribution is 2.26. The Labute approximate surface area is 81.0 Å². The second-order valence-corrected chi connectivity index (χ2v) is 5.86. The van der Waals surface area contributed by atoms with Gasteiger partial charge in [0.15, 0.2) is 0 Å². The van der Waals surface area contributed by atoms with Crippen molar-refractivity contribution in [3.8, 4) is 0 Å². The summed E-state index contributed by atoms with van der Waals surface area (Å²) in [4.78, 5) is 0. The summed E-state index contributed by atoms with van der Waals surface area (Å²) >= 11 is 0. The molecule has 3 nitrogen and oxygen atoms in total. The third-order valence-corrected chi connectivity index (χ3v) is 3.56. The van der Waals surface area contributed by atoms with Crippen LogP contribution in [0, 0.1) is 5.92 Å². The predicted octanol–water partition coefficient (Wildman–Crippen LogP) is 1.50. The van der Waals surface area contributed by atoms with Gasteiger partial charge in [-0.05, 0) is 25.7 Å². The van der Waals surface area contributed by atoms with Gasteiger partial charge in [0, 0.05) is 6.04 Å². The maximum absolute atomic E-state index is 11.0. The molecule has 0 aromatic carbocycles. The summed E-state index contributed by atoms with van der Waals surface area (Å²) < 4.78 is 24.6. The largest absolute Gasteiger partial charge is 0.213 e. The lowest BCUT2D eigenvalue weighted by atomic mass is 9.85. The Bertz CT molecular complexity index is 242. The monoisotopic (exact) mass is 205 g/mol. The van der Waals surface area contributed by atoms with Crippen LogP contribution in [0.3, 0.4) is 0 Å². The van der Waals surface area contributed by atoms with Gasteiger partial charge in [0.05, 0.1) is 6.26 Å². The molecule has 0 heterocycles. The van der Waals surface area contributed by atoms with E-state index in [1.807, 2.05) is 6.92 Å². The lowest BCUT2D eigenvalue weighted by molar-refractivity contribution is 0.303. The topological polar surface area (TPSA) is 46.2 Å². The Morgan fingerprint density at radius 3 is 2.23 bits per heavy atom. The molecule has 0 spiro atoms. The third kappa shape index (κ3) is 4.09. The molecule has 0 aliphatic heterocycles. The first-order chi connectivity index (χ1) is 5.99. The third-order valence-electron chi connectivity index (χ3n) is 2.76. The minimum atomic E-state index is -3.02. The van der Waals surface area contributed by atoms with Gasteiger partial charge in [-0.15, -0.1) is 0 Å². The molecule has 1 aliphatic rings. The van der Waals surface area contributed by atoms with Crippen molar-refractivity contribution in [3.63, 3.8) is 0 Å². The molecule has 1 atom stereocenters. The summed E-state index contributed by atoms with van der Waals surface area (Å²) in [5.74, 6) is 0.545. The van der Waals surface area contributed by atoms with Crippen molar-refractivity contribution in [3.05, 3.63) is 0 Å². The van der Waals surface area contributed by atoms with Gasteiger partial charge in [0.1, 0.15) is 0 Å². The van der Waals surface area contributed by atoms with Gasteiger partial charge in [0.2, 0.25) is 10.0 Å². The van der Waals surface area contributed by atoms with Gasteiger partial charge in [-0.3, -0.25) is 0 Å². The van der Waals surface area contributed by atoms with Crippen LogP contribution in [0.25, 0.3) is 0 Å². The lowest BCUT2D eigenvalue weighted by Gasteiger charge is -2.27. The molecule has 0 bridgehead atoms. The van der Waals surface area contributed by atoms with Gasteiger partial charge in [-0.1, -0.05) is 19.3 Å². The van der Waals surface area contributed by atoms with Crippen molar-refractivity contribution >= 4 is 10.0 Å². The average molecular weight is 205 g/mol. The van der Waals surface area contributed by atoms with E-state index in [1.165, 1.54) is 38.4 Å². The van der Waals surface area contributed by atoms with E-state index < -0.39 is 10.0 Å². The van der Waals surface area contributed by atoms with E-state index in [0.717, 1.165) is 0 Å². The maximum atomic E-state index is 11.0. The summed E-state index contributed by atoms with van der Waals surface area (Å²) in [7, 11) is -3.02. The Morgan fingerprint density at radius 1 is 1.23 bits per heavy atom. The second kappa shape index (κ2) is 4.42. The summed E-state index contributed by atoms with van der Waals surface area (Å²) in [5.41, 5.74) is 0. The van der Waals surface area contributed by atoms with Gasteiger partial charge < -0.3 is 0 Å². The van der Waals surface area contributed by atoms with Gasteiger partial charge in [-0.25, -0.2) is 13.1 Å². The van der Waals surface area contributed by atoms with Crippen molar-refractivity contribution in [1.29, 1.82) is 0 Å². The zero-order chi connectivity index (χ0) is 9.90. The van der Waals surface area contributed by atoms with Crippen molar-refractivity contribution in [2.75, 3.05) is 6.26 Å². The SMILES string of the molecule is C[C@@H](NS(C)(=O)=O)C1CCCCC1. The maximum Gasteiger partial charge on any atom is 0.208 e. The van der Waals surface area contributed by atoms with Crippen LogP contribution < -0.4 is 4.72 Å². The molecule has 0 unspecified atom stereocenters. The standard InChI is InChI=1S/C9H19NO2S/c1-8(10-13(2,11)12)9-6-4-3-5-7-9/h8-10H,3-7H2,1-2H3/t8-/m1/s1. The summed E-state index contributed by atoms with van der Waals surface area (Å²) in [6.07, 6.45) is 7.38. The Kier molecular flexibility index (Phi) is 3.74. The van der Waals surface area contributed by atoms with Crippen LogP contribution in [0.2, 0.25) is 0 Å². The van der Waals surface area contributed by atoms with E-state index in [0.29, 0.717) is 5.92 Å². The van der Waals surface area contributed by atoms with Crippen LogP contribution >= 0.6 is 0 Å². The first-order valence-electron chi connectivity index (χ1n) is 4.96. The molecule has 1 rings (SSSR count). The molecule has 1 saturated carbocycles. The minimum absolute atomic E-state index is 0.107. The molecule has 1 aliphatic carbocycles. The van der Waals surface area contributed by atoms with Gasteiger partial charge in [0.25, 0.3) is 0 Å². The minimum Gasteiger partial charge on any atom is -0.213 e. The molecule has 78 valence electrons. The zero-order valence-corrected chi connectivity index (χ0v) is 9.23. The highest BCUT2D eigenvalue weighted by molar-refractivity contribution is 7.88. The number of sulfonamides is 1. The van der Waals surface area contributed by atoms with Crippen molar-refractivity contribution in [2.45, 2.75) is 45.1 Å². The molecule has 0 saturated heterocycles. The lowest BCUT2D eigenvalue weighted by Crippen LogP contribution is -2.38. The molecule has 13 heavy (non-hydrogen) atoms. The number of nitrogens with one attached hydrogen (secondary N) is 1. The van der Waals surface area contributed by atoms with E-state index >= 15 is 0 Å².